The molecule has 1 N–H and O–H groups in total. The number of rotatable bonds is 3. The van der Waals surface area contributed by atoms with Crippen LogP contribution in [0.4, 0.5) is 15.8 Å². The van der Waals surface area contributed by atoms with Gasteiger partial charge in [-0.25, -0.2) is 4.39 Å². The highest BCUT2D eigenvalue weighted by molar-refractivity contribution is 5.62. The van der Waals surface area contributed by atoms with Gasteiger partial charge in [0.2, 0.25) is 0 Å². The molecule has 0 radical (unpaired) electrons. The Bertz CT molecular complexity index is 419. The summed E-state index contributed by atoms with van der Waals surface area (Å²) in [5.41, 5.74) is -0.288. The topological polar surface area (TPSA) is 64.4 Å². The van der Waals surface area contributed by atoms with Gasteiger partial charge in [0.25, 0.3) is 5.69 Å². The minimum absolute atomic E-state index is 0.0481. The maximum atomic E-state index is 13.6. The Morgan fingerprint density at radius 2 is 2.35 bits per heavy atom. The summed E-state index contributed by atoms with van der Waals surface area (Å²) >= 11 is 0. The van der Waals surface area contributed by atoms with Crippen molar-refractivity contribution in [3.8, 4) is 0 Å². The Balaban J connectivity index is 2.21. The van der Waals surface area contributed by atoms with E-state index in [4.69, 9.17) is 4.74 Å². The first-order valence-corrected chi connectivity index (χ1v) is 5.45. The van der Waals surface area contributed by atoms with Crippen LogP contribution >= 0.6 is 0 Å². The summed E-state index contributed by atoms with van der Waals surface area (Å²) in [6.07, 6.45) is 1.70. The molecule has 2 rings (SSSR count). The number of halogens is 1. The Morgan fingerprint density at radius 1 is 1.53 bits per heavy atom. The van der Waals surface area contributed by atoms with Crippen molar-refractivity contribution < 1.29 is 14.1 Å². The van der Waals surface area contributed by atoms with Crippen molar-refractivity contribution in [1.82, 2.24) is 0 Å². The monoisotopic (exact) mass is 240 g/mol. The number of nitro groups is 1. The van der Waals surface area contributed by atoms with Crippen LogP contribution in [-0.4, -0.2) is 24.2 Å². The van der Waals surface area contributed by atoms with E-state index in [1.54, 1.807) is 0 Å². The van der Waals surface area contributed by atoms with Gasteiger partial charge < -0.3 is 10.1 Å². The Hall–Kier alpha value is -1.69. The lowest BCUT2D eigenvalue weighted by molar-refractivity contribution is -0.384. The summed E-state index contributed by atoms with van der Waals surface area (Å²) in [5.74, 6) is -0.607. The van der Waals surface area contributed by atoms with Gasteiger partial charge in [-0.15, -0.1) is 0 Å². The molecule has 1 saturated heterocycles. The summed E-state index contributed by atoms with van der Waals surface area (Å²) in [5, 5.41) is 13.6. The van der Waals surface area contributed by atoms with Gasteiger partial charge in [0, 0.05) is 18.7 Å². The highest BCUT2D eigenvalue weighted by Crippen LogP contribution is 2.28. The second-order valence-corrected chi connectivity index (χ2v) is 3.95. The molecule has 0 aromatic heterocycles. The molecule has 0 aliphatic carbocycles. The number of nitrogens with one attached hydrogen (secondary N) is 1. The van der Waals surface area contributed by atoms with E-state index >= 15 is 0 Å². The second kappa shape index (κ2) is 5.09. The lowest BCUT2D eigenvalue weighted by atomic mass is 10.1. The first-order valence-electron chi connectivity index (χ1n) is 5.45. The van der Waals surface area contributed by atoms with Crippen LogP contribution in [0.15, 0.2) is 18.2 Å². The molecular formula is C11H13FN2O3. The third-order valence-electron chi connectivity index (χ3n) is 2.70. The van der Waals surface area contributed by atoms with Gasteiger partial charge in [-0.1, -0.05) is 6.07 Å². The molecule has 1 aliphatic rings. The third kappa shape index (κ3) is 2.71. The molecule has 0 spiro atoms. The molecule has 0 amide bonds. The number of hydrogen-bond donors (Lipinski definition) is 1. The zero-order chi connectivity index (χ0) is 12.3. The molecule has 5 nitrogen and oxygen atoms in total. The fourth-order valence-electron chi connectivity index (χ4n) is 1.87. The van der Waals surface area contributed by atoms with Crippen molar-refractivity contribution in [1.29, 1.82) is 0 Å². The molecule has 6 heteroatoms. The number of ether oxygens (including phenoxy) is 1. The maximum absolute atomic E-state index is 13.6. The molecule has 1 aromatic carbocycles. The Kier molecular flexibility index (Phi) is 3.53. The molecule has 0 unspecified atom stereocenters. The third-order valence-corrected chi connectivity index (χ3v) is 2.70. The number of anilines is 1. The van der Waals surface area contributed by atoms with Crippen molar-refractivity contribution in [2.45, 2.75) is 18.9 Å². The molecule has 1 atom stereocenters. The van der Waals surface area contributed by atoms with Gasteiger partial charge in [0.05, 0.1) is 11.5 Å². The smallest absolute Gasteiger partial charge is 0.295 e. The van der Waals surface area contributed by atoms with Crippen molar-refractivity contribution in [2.24, 2.45) is 0 Å². The average Bonchev–Trinajstić information content (AvgIpc) is 2.33. The van der Waals surface area contributed by atoms with E-state index in [1.165, 1.54) is 18.2 Å². The number of benzene rings is 1. The van der Waals surface area contributed by atoms with Crippen molar-refractivity contribution in [2.75, 3.05) is 18.5 Å². The van der Waals surface area contributed by atoms with Crippen LogP contribution in [0.5, 0.6) is 0 Å². The Labute approximate surface area is 97.7 Å². The quantitative estimate of drug-likeness (QED) is 0.650. The minimum atomic E-state index is -0.607. The van der Waals surface area contributed by atoms with E-state index in [2.05, 4.69) is 5.32 Å². The lowest BCUT2D eigenvalue weighted by Gasteiger charge is -2.24. The van der Waals surface area contributed by atoms with Crippen LogP contribution in [-0.2, 0) is 4.74 Å². The summed E-state index contributed by atoms with van der Waals surface area (Å²) in [4.78, 5) is 10.2. The molecule has 0 bridgehead atoms. The van der Waals surface area contributed by atoms with E-state index in [9.17, 15) is 14.5 Å². The van der Waals surface area contributed by atoms with Crippen LogP contribution in [0, 0.1) is 15.9 Å². The van der Waals surface area contributed by atoms with E-state index in [-0.39, 0.29) is 17.4 Å². The van der Waals surface area contributed by atoms with Crippen LogP contribution < -0.4 is 5.32 Å². The molecule has 1 fully saturated rings. The Morgan fingerprint density at radius 3 is 3.00 bits per heavy atom. The molecule has 0 saturated carbocycles. The fourth-order valence-corrected chi connectivity index (χ4v) is 1.87. The fraction of sp³-hybridized carbons (Fsp3) is 0.455. The highest BCUT2D eigenvalue weighted by atomic mass is 19.1. The van der Waals surface area contributed by atoms with Crippen LogP contribution in [0.2, 0.25) is 0 Å². The predicted molar refractivity (Wildman–Crippen MR) is 60.5 cm³/mol. The van der Waals surface area contributed by atoms with Gasteiger partial charge in [-0.3, -0.25) is 10.1 Å². The molecule has 1 aliphatic heterocycles. The van der Waals surface area contributed by atoms with Crippen LogP contribution in [0.3, 0.4) is 0 Å². The van der Waals surface area contributed by atoms with Gasteiger partial charge in [-0.05, 0) is 18.9 Å². The summed E-state index contributed by atoms with van der Waals surface area (Å²) in [7, 11) is 0. The number of nitro benzene ring substituents is 1. The first kappa shape index (κ1) is 11.8. The number of hydrogen-bond acceptors (Lipinski definition) is 4. The average molecular weight is 240 g/mol. The zero-order valence-corrected chi connectivity index (χ0v) is 9.19. The van der Waals surface area contributed by atoms with Gasteiger partial charge in [0.1, 0.15) is 5.69 Å². The molecule has 17 heavy (non-hydrogen) atoms. The number of para-hydroxylation sites is 1. The molecule has 1 heterocycles. The maximum Gasteiger partial charge on any atom is 0.295 e. The second-order valence-electron chi connectivity index (χ2n) is 3.95. The molecule has 1 aromatic rings. The standard InChI is InChI=1S/C11H13FN2O3/c12-9-4-1-5-10(14(15)16)11(9)13-8-3-2-6-17-7-8/h1,4-5,8,13H,2-3,6-7H2/t8-/m0/s1. The SMILES string of the molecule is O=[N+]([O-])c1cccc(F)c1N[C@H]1CCCOC1. The highest BCUT2D eigenvalue weighted by Gasteiger charge is 2.22. The summed E-state index contributed by atoms with van der Waals surface area (Å²) in [6, 6.07) is 3.75. The molecule has 92 valence electrons. The van der Waals surface area contributed by atoms with Crippen molar-refractivity contribution in [3.05, 3.63) is 34.1 Å². The van der Waals surface area contributed by atoms with E-state index < -0.39 is 10.7 Å². The summed E-state index contributed by atoms with van der Waals surface area (Å²) in [6.45, 7) is 1.14. The van der Waals surface area contributed by atoms with E-state index in [0.717, 1.165) is 12.8 Å². The largest absolute Gasteiger partial charge is 0.379 e. The van der Waals surface area contributed by atoms with Gasteiger partial charge >= 0.3 is 0 Å². The van der Waals surface area contributed by atoms with E-state index in [0.29, 0.717) is 13.2 Å². The normalized spacial score (nSPS) is 19.9. The van der Waals surface area contributed by atoms with Crippen LogP contribution in [0.1, 0.15) is 12.8 Å². The van der Waals surface area contributed by atoms with Gasteiger partial charge in [0.15, 0.2) is 5.82 Å². The van der Waals surface area contributed by atoms with Gasteiger partial charge in [-0.2, -0.15) is 0 Å². The zero-order valence-electron chi connectivity index (χ0n) is 9.19. The lowest BCUT2D eigenvalue weighted by Crippen LogP contribution is -2.30. The first-order chi connectivity index (χ1) is 8.18. The number of nitrogens with zero attached hydrogens (tertiary/aromatic N) is 1. The van der Waals surface area contributed by atoms with Crippen molar-refractivity contribution in [3.63, 3.8) is 0 Å². The summed E-state index contributed by atoms with van der Waals surface area (Å²) < 4.78 is 18.8. The van der Waals surface area contributed by atoms with Crippen LogP contribution in [0.25, 0.3) is 0 Å². The van der Waals surface area contributed by atoms with E-state index in [1.807, 2.05) is 0 Å². The van der Waals surface area contributed by atoms with Crippen molar-refractivity contribution >= 4 is 11.4 Å². The minimum Gasteiger partial charge on any atom is -0.379 e. The predicted octanol–water partition coefficient (Wildman–Crippen LogP) is 2.32. The molecular weight excluding hydrogens is 227 g/mol.